The molecular formula is C21H27FN4. The highest BCUT2D eigenvalue weighted by molar-refractivity contribution is 5.66. The topological polar surface area (TPSA) is 49.8 Å². The van der Waals surface area contributed by atoms with E-state index < -0.39 is 0 Å². The van der Waals surface area contributed by atoms with Crippen molar-refractivity contribution >= 4 is 18.0 Å². The zero-order valence-corrected chi connectivity index (χ0v) is 15.9. The van der Waals surface area contributed by atoms with E-state index in [2.05, 4.69) is 48.3 Å². The van der Waals surface area contributed by atoms with Crippen LogP contribution in [0.1, 0.15) is 51.9 Å². The Kier molecular flexibility index (Phi) is 5.10. The number of nitrogens with zero attached hydrogens (tertiary/aromatic N) is 2. The van der Waals surface area contributed by atoms with E-state index in [-0.39, 0.29) is 16.9 Å². The maximum Gasteiger partial charge on any atom is 0.154 e. The first kappa shape index (κ1) is 18.5. The largest absolute Gasteiger partial charge is 0.367 e. The predicted molar refractivity (Wildman–Crippen MR) is 105 cm³/mol. The molecule has 4 nitrogen and oxygen atoms in total. The molecule has 0 unspecified atom stereocenters. The van der Waals surface area contributed by atoms with E-state index in [1.807, 2.05) is 18.2 Å². The van der Waals surface area contributed by atoms with Crippen molar-refractivity contribution in [3.63, 3.8) is 0 Å². The van der Waals surface area contributed by atoms with Gasteiger partial charge in [0.15, 0.2) is 5.82 Å². The Balaban J connectivity index is 1.70. The first-order valence-corrected chi connectivity index (χ1v) is 9.03. The van der Waals surface area contributed by atoms with Gasteiger partial charge in [-0.15, -0.1) is 0 Å². The maximum atomic E-state index is 13.0. The van der Waals surface area contributed by atoms with E-state index in [1.54, 1.807) is 18.3 Å². The molecular weight excluding hydrogens is 327 g/mol. The second-order valence-corrected chi connectivity index (χ2v) is 8.33. The standard InChI is InChI=1S/C21H27FN4/c1-20(2)13-17(14-21(3,4)26-20)24-19-11-12-23-18(25-19)10-7-15-5-8-16(22)9-6-15/h5-12,17,26H,13-14H2,1-4H3,(H,23,24,25)/b10-7+. The van der Waals surface area contributed by atoms with E-state index >= 15 is 0 Å². The van der Waals surface area contributed by atoms with E-state index in [0.717, 1.165) is 24.2 Å². The second kappa shape index (κ2) is 7.16. The summed E-state index contributed by atoms with van der Waals surface area (Å²) in [4.78, 5) is 8.89. The molecule has 5 heteroatoms. The minimum atomic E-state index is -0.239. The number of halogens is 1. The molecule has 0 aliphatic carbocycles. The molecule has 1 aliphatic heterocycles. The summed E-state index contributed by atoms with van der Waals surface area (Å²) in [6, 6.07) is 8.60. The molecule has 1 saturated heterocycles. The lowest BCUT2D eigenvalue weighted by Crippen LogP contribution is -2.60. The Morgan fingerprint density at radius 1 is 1.04 bits per heavy atom. The van der Waals surface area contributed by atoms with Crippen LogP contribution >= 0.6 is 0 Å². The minimum absolute atomic E-state index is 0.0811. The van der Waals surface area contributed by atoms with Gasteiger partial charge in [-0.05, 0) is 70.4 Å². The van der Waals surface area contributed by atoms with Crippen molar-refractivity contribution in [2.45, 2.75) is 57.7 Å². The fourth-order valence-electron chi connectivity index (χ4n) is 3.91. The van der Waals surface area contributed by atoms with Crippen LogP contribution in [0.5, 0.6) is 0 Å². The molecule has 3 rings (SSSR count). The fourth-order valence-corrected chi connectivity index (χ4v) is 3.91. The molecule has 2 aromatic rings. The molecule has 0 atom stereocenters. The van der Waals surface area contributed by atoms with Gasteiger partial charge in [0, 0.05) is 23.3 Å². The van der Waals surface area contributed by atoms with E-state index in [9.17, 15) is 4.39 Å². The van der Waals surface area contributed by atoms with Crippen LogP contribution in [0.15, 0.2) is 36.5 Å². The third-order valence-corrected chi connectivity index (χ3v) is 4.51. The molecule has 0 saturated carbocycles. The molecule has 0 amide bonds. The van der Waals surface area contributed by atoms with Gasteiger partial charge in [-0.3, -0.25) is 0 Å². The Morgan fingerprint density at radius 2 is 1.69 bits per heavy atom. The Hall–Kier alpha value is -2.27. The van der Waals surface area contributed by atoms with Crippen molar-refractivity contribution in [2.75, 3.05) is 5.32 Å². The smallest absolute Gasteiger partial charge is 0.154 e. The average molecular weight is 354 g/mol. The molecule has 2 heterocycles. The van der Waals surface area contributed by atoms with Gasteiger partial charge in [-0.2, -0.15) is 0 Å². The normalized spacial score (nSPS) is 19.6. The summed E-state index contributed by atoms with van der Waals surface area (Å²) in [5.41, 5.74) is 1.07. The van der Waals surface area contributed by atoms with Crippen LogP contribution in [0.4, 0.5) is 10.2 Å². The zero-order chi connectivity index (χ0) is 18.8. The lowest BCUT2D eigenvalue weighted by Gasteiger charge is -2.46. The summed E-state index contributed by atoms with van der Waals surface area (Å²) in [6.45, 7) is 8.94. The van der Waals surface area contributed by atoms with Crippen molar-refractivity contribution in [2.24, 2.45) is 0 Å². The molecule has 1 fully saturated rings. The lowest BCUT2D eigenvalue weighted by molar-refractivity contribution is 0.170. The van der Waals surface area contributed by atoms with Gasteiger partial charge in [0.2, 0.25) is 0 Å². The fraction of sp³-hybridized carbons (Fsp3) is 0.429. The minimum Gasteiger partial charge on any atom is -0.367 e. The van der Waals surface area contributed by atoms with Gasteiger partial charge in [0.25, 0.3) is 0 Å². The molecule has 26 heavy (non-hydrogen) atoms. The van der Waals surface area contributed by atoms with Crippen molar-refractivity contribution in [1.82, 2.24) is 15.3 Å². The van der Waals surface area contributed by atoms with Gasteiger partial charge >= 0.3 is 0 Å². The summed E-state index contributed by atoms with van der Waals surface area (Å²) in [7, 11) is 0. The Bertz CT molecular complexity index is 765. The first-order chi connectivity index (χ1) is 12.2. The summed E-state index contributed by atoms with van der Waals surface area (Å²) in [5, 5.41) is 7.25. The number of benzene rings is 1. The van der Waals surface area contributed by atoms with Crippen LogP contribution in [0, 0.1) is 5.82 Å². The van der Waals surface area contributed by atoms with Gasteiger partial charge in [-0.1, -0.05) is 18.2 Å². The van der Waals surface area contributed by atoms with Crippen molar-refractivity contribution < 1.29 is 4.39 Å². The highest BCUT2D eigenvalue weighted by Gasteiger charge is 2.37. The summed E-state index contributed by atoms with van der Waals surface area (Å²) < 4.78 is 13.0. The van der Waals surface area contributed by atoms with Gasteiger partial charge < -0.3 is 10.6 Å². The maximum absolute atomic E-state index is 13.0. The molecule has 2 N–H and O–H groups in total. The number of aromatic nitrogens is 2. The zero-order valence-electron chi connectivity index (χ0n) is 15.9. The Morgan fingerprint density at radius 3 is 2.35 bits per heavy atom. The van der Waals surface area contributed by atoms with Crippen LogP contribution in [-0.2, 0) is 0 Å². The Labute approximate surface area is 155 Å². The van der Waals surface area contributed by atoms with Crippen LogP contribution in [0.2, 0.25) is 0 Å². The highest BCUT2D eigenvalue weighted by Crippen LogP contribution is 2.30. The van der Waals surface area contributed by atoms with Crippen LogP contribution in [0.3, 0.4) is 0 Å². The summed E-state index contributed by atoms with van der Waals surface area (Å²) >= 11 is 0. The lowest BCUT2D eigenvalue weighted by atomic mass is 9.79. The average Bonchev–Trinajstić information content (AvgIpc) is 2.51. The van der Waals surface area contributed by atoms with Crippen LogP contribution in [-0.4, -0.2) is 27.1 Å². The van der Waals surface area contributed by atoms with E-state index in [0.29, 0.717) is 11.9 Å². The summed E-state index contributed by atoms with van der Waals surface area (Å²) in [5.74, 6) is 1.22. The van der Waals surface area contributed by atoms with Crippen LogP contribution in [0.25, 0.3) is 12.2 Å². The predicted octanol–water partition coefficient (Wildman–Crippen LogP) is 4.51. The highest BCUT2D eigenvalue weighted by atomic mass is 19.1. The van der Waals surface area contributed by atoms with E-state index in [4.69, 9.17) is 0 Å². The third-order valence-electron chi connectivity index (χ3n) is 4.51. The number of rotatable bonds is 4. The molecule has 1 aliphatic rings. The van der Waals surface area contributed by atoms with Crippen molar-refractivity contribution in [3.05, 3.63) is 53.7 Å². The molecule has 1 aromatic carbocycles. The second-order valence-electron chi connectivity index (χ2n) is 8.33. The number of hydrogen-bond donors (Lipinski definition) is 2. The third kappa shape index (κ3) is 5.11. The SMILES string of the molecule is CC1(C)CC(Nc2ccnc(/C=C/c3ccc(F)cc3)n2)CC(C)(C)N1. The van der Waals surface area contributed by atoms with Gasteiger partial charge in [-0.25, -0.2) is 14.4 Å². The number of hydrogen-bond acceptors (Lipinski definition) is 4. The molecule has 0 bridgehead atoms. The molecule has 138 valence electrons. The molecule has 0 spiro atoms. The number of nitrogens with one attached hydrogen (secondary N) is 2. The van der Waals surface area contributed by atoms with E-state index in [1.165, 1.54) is 12.1 Å². The number of anilines is 1. The first-order valence-electron chi connectivity index (χ1n) is 9.03. The van der Waals surface area contributed by atoms with Crippen LogP contribution < -0.4 is 10.6 Å². The molecule has 1 aromatic heterocycles. The van der Waals surface area contributed by atoms with Crippen molar-refractivity contribution in [1.29, 1.82) is 0 Å². The monoisotopic (exact) mass is 354 g/mol. The van der Waals surface area contributed by atoms with Crippen molar-refractivity contribution in [3.8, 4) is 0 Å². The molecule has 0 radical (unpaired) electrons. The van der Waals surface area contributed by atoms with Gasteiger partial charge in [0.05, 0.1) is 0 Å². The van der Waals surface area contributed by atoms with Gasteiger partial charge in [0.1, 0.15) is 11.6 Å². The summed E-state index contributed by atoms with van der Waals surface area (Å²) in [6.07, 6.45) is 7.55. The number of piperidine rings is 1. The quantitative estimate of drug-likeness (QED) is 0.848.